The molecule has 0 radical (unpaired) electrons. The summed E-state index contributed by atoms with van der Waals surface area (Å²) in [4.78, 5) is 0. The number of halogens is 7. The second-order valence-electron chi connectivity index (χ2n) is 2.81. The first-order valence-electron chi connectivity index (χ1n) is 3.69. The van der Waals surface area contributed by atoms with Gasteiger partial charge in [-0.1, -0.05) is 12.1 Å². The van der Waals surface area contributed by atoms with Crippen LogP contribution in [-0.2, 0) is 6.18 Å². The Balaban J connectivity index is 3.30. The van der Waals surface area contributed by atoms with Crippen LogP contribution in [0.2, 0.25) is 0 Å². The molecule has 0 N–H and O–H groups in total. The summed E-state index contributed by atoms with van der Waals surface area (Å²) >= 11 is 0. The van der Waals surface area contributed by atoms with Crippen molar-refractivity contribution in [3.05, 3.63) is 29.6 Å². The van der Waals surface area contributed by atoms with Crippen molar-refractivity contribution in [1.29, 1.82) is 0 Å². The molecule has 8 heteroatoms. The van der Waals surface area contributed by atoms with Crippen molar-refractivity contribution < 1.29 is 30.5 Å². The predicted molar refractivity (Wildman–Crippen MR) is 40.1 cm³/mol. The maximum atomic E-state index is 12.6. The Morgan fingerprint density at radius 2 is 1.53 bits per heavy atom. The fourth-order valence-corrected chi connectivity index (χ4v) is 0.964. The van der Waals surface area contributed by atoms with Gasteiger partial charge in [0.15, 0.2) is 0 Å². The van der Waals surface area contributed by atoms with Crippen LogP contribution in [0.4, 0.5) is 30.5 Å². The molecule has 0 saturated carbocycles. The molecule has 84 valence electrons. The molecule has 0 bridgehead atoms. The Morgan fingerprint density at radius 1 is 1.00 bits per heavy atom. The smallest absolute Gasteiger partial charge is 0.445 e. The summed E-state index contributed by atoms with van der Waals surface area (Å²) in [6, 6.07) is 0.216. The first-order valence-corrected chi connectivity index (χ1v) is 3.69. The quantitative estimate of drug-likeness (QED) is 0.514. The van der Waals surface area contributed by atoms with Crippen LogP contribution in [0.1, 0.15) is 5.56 Å². The van der Waals surface area contributed by atoms with Gasteiger partial charge in [0, 0.05) is 0 Å². The molecule has 0 aliphatic carbocycles. The van der Waals surface area contributed by atoms with Crippen molar-refractivity contribution in [2.45, 2.75) is 6.18 Å². The third-order valence-corrected chi connectivity index (χ3v) is 1.67. The van der Waals surface area contributed by atoms with E-state index in [4.69, 9.17) is 0 Å². The number of hydrogen-bond acceptors (Lipinski definition) is 0. The molecule has 0 aromatic heterocycles. The molecule has 0 spiro atoms. The van der Waals surface area contributed by atoms with Gasteiger partial charge in [0.25, 0.3) is 0 Å². The summed E-state index contributed by atoms with van der Waals surface area (Å²) in [5.41, 5.74) is -3.37. The molecule has 0 saturated heterocycles. The third-order valence-electron chi connectivity index (χ3n) is 1.67. The lowest BCUT2D eigenvalue weighted by Gasteiger charge is -2.17. The van der Waals surface area contributed by atoms with Gasteiger partial charge in [0.1, 0.15) is 5.82 Å². The minimum absolute atomic E-state index is 0.160. The molecule has 1 aromatic rings. The predicted octanol–water partition coefficient (Wildman–Crippen LogP) is 2.90. The number of hydrogen-bond donors (Lipinski definition) is 0. The zero-order chi connectivity index (χ0) is 11.9. The lowest BCUT2D eigenvalue weighted by molar-refractivity contribution is -0.139. The van der Waals surface area contributed by atoms with E-state index in [1.807, 2.05) is 0 Å². The van der Waals surface area contributed by atoms with Crippen molar-refractivity contribution in [2.24, 2.45) is 0 Å². The lowest BCUT2D eigenvalue weighted by atomic mass is 9.79. The highest BCUT2D eigenvalue weighted by Crippen LogP contribution is 2.31. The molecule has 0 nitrogen and oxygen atoms in total. The third kappa shape index (κ3) is 2.63. The van der Waals surface area contributed by atoms with Gasteiger partial charge in [0.05, 0.1) is 5.56 Å². The summed E-state index contributed by atoms with van der Waals surface area (Å²) in [6.07, 6.45) is -5.12. The fourth-order valence-electron chi connectivity index (χ4n) is 0.964. The van der Waals surface area contributed by atoms with E-state index in [0.717, 1.165) is 0 Å². The van der Waals surface area contributed by atoms with Crippen molar-refractivity contribution in [3.63, 3.8) is 0 Å². The minimum Gasteiger partial charge on any atom is -0.445 e. The van der Waals surface area contributed by atoms with Crippen molar-refractivity contribution in [3.8, 4) is 0 Å². The molecule has 1 aromatic carbocycles. The zero-order valence-electron chi connectivity index (χ0n) is 6.96. The Bertz CT molecular complexity index is 365. The van der Waals surface area contributed by atoms with Crippen LogP contribution < -0.4 is 5.46 Å². The first kappa shape index (κ1) is 11.9. The molecule has 15 heavy (non-hydrogen) atoms. The SMILES string of the molecule is Fc1ccc([B-](F)(F)F)cc1C(F)(F)F. The number of alkyl halides is 3. The van der Waals surface area contributed by atoms with Crippen LogP contribution in [0, 0.1) is 5.82 Å². The molecule has 1 rings (SSSR count). The highest BCUT2D eigenvalue weighted by molar-refractivity contribution is 6.73. The summed E-state index contributed by atoms with van der Waals surface area (Å²) in [5.74, 6) is -1.72. The molecular weight excluding hydrogens is 228 g/mol. The average molecular weight is 231 g/mol. The Labute approximate surface area is 79.8 Å². The summed E-state index contributed by atoms with van der Waals surface area (Å²) in [5, 5.41) is 0. The average Bonchev–Trinajstić information content (AvgIpc) is 2.00. The minimum atomic E-state index is -5.56. The van der Waals surface area contributed by atoms with Gasteiger partial charge < -0.3 is 12.9 Å². The van der Waals surface area contributed by atoms with Crippen LogP contribution in [0.3, 0.4) is 0 Å². The van der Waals surface area contributed by atoms with Crippen LogP contribution in [0.5, 0.6) is 0 Å². The maximum Gasteiger partial charge on any atom is 0.509 e. The molecule has 0 fully saturated rings. The molecular formula is C7H3BF7-. The highest BCUT2D eigenvalue weighted by atomic mass is 19.4. The van der Waals surface area contributed by atoms with E-state index < -0.39 is 30.0 Å². The van der Waals surface area contributed by atoms with Gasteiger partial charge in [-0.15, -0.1) is 5.46 Å². The van der Waals surface area contributed by atoms with E-state index in [-0.39, 0.29) is 18.2 Å². The second-order valence-corrected chi connectivity index (χ2v) is 2.81. The molecule has 0 aliphatic heterocycles. The molecule has 0 unspecified atom stereocenters. The summed E-state index contributed by atoms with van der Waals surface area (Å²) in [6.45, 7) is -5.56. The largest absolute Gasteiger partial charge is 0.509 e. The molecule has 0 atom stereocenters. The van der Waals surface area contributed by atoms with Crippen LogP contribution in [0.15, 0.2) is 18.2 Å². The monoisotopic (exact) mass is 231 g/mol. The van der Waals surface area contributed by atoms with Crippen molar-refractivity contribution >= 4 is 12.4 Å². The highest BCUT2D eigenvalue weighted by Gasteiger charge is 2.36. The van der Waals surface area contributed by atoms with E-state index >= 15 is 0 Å². The fraction of sp³-hybridized carbons (Fsp3) is 0.143. The standard InChI is InChI=1S/C7H3BF7/c9-6-2-1-4(8(13,14)15)3-5(6)7(10,11)12/h1-3H/q-1. The Kier molecular flexibility index (Phi) is 2.71. The topological polar surface area (TPSA) is 0 Å². The first-order chi connectivity index (χ1) is 6.62. The van der Waals surface area contributed by atoms with Crippen molar-refractivity contribution in [2.75, 3.05) is 0 Å². The van der Waals surface area contributed by atoms with E-state index in [0.29, 0.717) is 0 Å². The number of rotatable bonds is 1. The zero-order valence-corrected chi connectivity index (χ0v) is 6.96. The summed E-state index contributed by atoms with van der Waals surface area (Å²) in [7, 11) is 0. The van der Waals surface area contributed by atoms with Gasteiger partial charge >= 0.3 is 13.2 Å². The van der Waals surface area contributed by atoms with Crippen LogP contribution in [-0.4, -0.2) is 6.98 Å². The number of benzene rings is 1. The Hall–Kier alpha value is -1.21. The molecule has 0 amide bonds. The molecule has 0 heterocycles. The van der Waals surface area contributed by atoms with E-state index in [1.165, 1.54) is 0 Å². The molecule has 0 aliphatic rings. The maximum absolute atomic E-state index is 12.6. The van der Waals surface area contributed by atoms with Gasteiger partial charge in [-0.2, -0.15) is 13.2 Å². The van der Waals surface area contributed by atoms with Gasteiger partial charge in [0.2, 0.25) is 0 Å². The van der Waals surface area contributed by atoms with E-state index in [1.54, 1.807) is 0 Å². The lowest BCUT2D eigenvalue weighted by Crippen LogP contribution is -2.35. The van der Waals surface area contributed by atoms with Crippen LogP contribution in [0.25, 0.3) is 0 Å². The van der Waals surface area contributed by atoms with Crippen molar-refractivity contribution in [1.82, 2.24) is 0 Å². The Morgan fingerprint density at radius 3 is 1.93 bits per heavy atom. The van der Waals surface area contributed by atoms with Crippen LogP contribution >= 0.6 is 0 Å². The normalized spacial score (nSPS) is 13.0. The summed E-state index contributed by atoms with van der Waals surface area (Å²) < 4.78 is 84.8. The van der Waals surface area contributed by atoms with E-state index in [2.05, 4.69) is 0 Å². The van der Waals surface area contributed by atoms with E-state index in [9.17, 15) is 30.5 Å². The van der Waals surface area contributed by atoms with Gasteiger partial charge in [-0.05, 0) is 6.07 Å². The second kappa shape index (κ2) is 3.43. The van der Waals surface area contributed by atoms with Gasteiger partial charge in [-0.25, -0.2) is 4.39 Å². The van der Waals surface area contributed by atoms with Gasteiger partial charge in [-0.3, -0.25) is 0 Å².